The lowest BCUT2D eigenvalue weighted by Crippen LogP contribution is -2.42. The molecular formula is C17H32N4O2. The van der Waals surface area contributed by atoms with Crippen LogP contribution < -0.4 is 5.32 Å². The molecule has 23 heavy (non-hydrogen) atoms. The third kappa shape index (κ3) is 6.77. The van der Waals surface area contributed by atoms with Crippen LogP contribution in [0.3, 0.4) is 0 Å². The van der Waals surface area contributed by atoms with Gasteiger partial charge in [0.15, 0.2) is 5.96 Å². The van der Waals surface area contributed by atoms with Crippen molar-refractivity contribution in [1.29, 1.82) is 0 Å². The number of carbonyl (C=O) groups excluding carboxylic acids is 1. The maximum absolute atomic E-state index is 12.2. The third-order valence-electron chi connectivity index (χ3n) is 4.39. The zero-order chi connectivity index (χ0) is 16.5. The van der Waals surface area contributed by atoms with Gasteiger partial charge in [-0.05, 0) is 44.9 Å². The highest BCUT2D eigenvalue weighted by Crippen LogP contribution is 2.28. The fourth-order valence-electron chi connectivity index (χ4n) is 2.70. The average molecular weight is 324 g/mol. The second kappa shape index (κ2) is 9.75. The van der Waals surface area contributed by atoms with E-state index in [-0.39, 0.29) is 12.5 Å². The van der Waals surface area contributed by atoms with Crippen LogP contribution in [0.25, 0.3) is 0 Å². The summed E-state index contributed by atoms with van der Waals surface area (Å²) in [5.41, 5.74) is 0. The number of aliphatic imine (C=N–C) groups is 1. The molecule has 0 aromatic heterocycles. The number of carbonyl (C=O) groups is 1. The molecule has 2 fully saturated rings. The van der Waals surface area contributed by atoms with Crippen LogP contribution in [0.4, 0.5) is 0 Å². The van der Waals surface area contributed by atoms with Crippen molar-refractivity contribution in [2.75, 3.05) is 53.0 Å². The number of ether oxygens (including phenoxy) is 1. The highest BCUT2D eigenvalue weighted by Gasteiger charge is 2.21. The van der Waals surface area contributed by atoms with E-state index in [1.54, 1.807) is 0 Å². The van der Waals surface area contributed by atoms with Gasteiger partial charge in [0.25, 0.3) is 0 Å². The van der Waals surface area contributed by atoms with Crippen LogP contribution in [-0.2, 0) is 9.53 Å². The van der Waals surface area contributed by atoms with Crippen LogP contribution in [-0.4, -0.2) is 74.7 Å². The predicted octanol–water partition coefficient (Wildman–Crippen LogP) is 1.32. The Morgan fingerprint density at radius 3 is 2.70 bits per heavy atom. The fraction of sp³-hybridized carbons (Fsp3) is 0.882. The Labute approximate surface area is 140 Å². The summed E-state index contributed by atoms with van der Waals surface area (Å²) in [5, 5.41) is 3.25. The van der Waals surface area contributed by atoms with Crippen molar-refractivity contribution < 1.29 is 9.53 Å². The van der Waals surface area contributed by atoms with Gasteiger partial charge in [-0.3, -0.25) is 4.79 Å². The van der Waals surface area contributed by atoms with E-state index in [1.165, 1.54) is 19.3 Å². The number of nitrogens with one attached hydrogen (secondary N) is 1. The maximum Gasteiger partial charge on any atom is 0.244 e. The molecular weight excluding hydrogens is 292 g/mol. The first-order valence-electron chi connectivity index (χ1n) is 9.05. The van der Waals surface area contributed by atoms with Gasteiger partial charge in [-0.2, -0.15) is 0 Å². The van der Waals surface area contributed by atoms with Crippen molar-refractivity contribution in [2.45, 2.75) is 39.0 Å². The molecule has 0 aromatic carbocycles. The molecule has 0 bridgehead atoms. The number of hydrogen-bond donors (Lipinski definition) is 1. The van der Waals surface area contributed by atoms with Gasteiger partial charge < -0.3 is 19.9 Å². The molecule has 0 radical (unpaired) electrons. The van der Waals surface area contributed by atoms with Crippen molar-refractivity contribution in [1.82, 2.24) is 15.1 Å². The molecule has 0 aromatic rings. The Balaban J connectivity index is 1.73. The minimum atomic E-state index is 0.137. The summed E-state index contributed by atoms with van der Waals surface area (Å²) in [6, 6.07) is 0. The number of amides is 1. The summed E-state index contributed by atoms with van der Waals surface area (Å²) in [5.74, 6) is 1.72. The first kappa shape index (κ1) is 18.0. The number of hydrogen-bond acceptors (Lipinski definition) is 3. The van der Waals surface area contributed by atoms with Gasteiger partial charge in [-0.15, -0.1) is 0 Å². The summed E-state index contributed by atoms with van der Waals surface area (Å²) < 4.78 is 5.68. The summed E-state index contributed by atoms with van der Waals surface area (Å²) in [6.07, 6.45) is 6.11. The number of nitrogens with zero attached hydrogens (tertiary/aromatic N) is 3. The monoisotopic (exact) mass is 324 g/mol. The number of likely N-dealkylation sites (tertiary alicyclic amines) is 1. The van der Waals surface area contributed by atoms with Gasteiger partial charge in [-0.1, -0.05) is 0 Å². The molecule has 2 aliphatic rings. The second-order valence-corrected chi connectivity index (χ2v) is 6.55. The molecule has 1 amide bonds. The molecule has 2 rings (SSSR count). The van der Waals surface area contributed by atoms with Crippen LogP contribution >= 0.6 is 0 Å². The van der Waals surface area contributed by atoms with Crippen LogP contribution in [0.15, 0.2) is 4.99 Å². The number of likely N-dealkylation sites (N-methyl/N-ethyl adjacent to an activating group) is 1. The lowest BCUT2D eigenvalue weighted by atomic mass is 10.1. The van der Waals surface area contributed by atoms with E-state index >= 15 is 0 Å². The van der Waals surface area contributed by atoms with E-state index in [1.807, 2.05) is 23.8 Å². The quantitative estimate of drug-likeness (QED) is 0.416. The van der Waals surface area contributed by atoms with E-state index in [2.05, 4.69) is 10.3 Å². The first-order chi connectivity index (χ1) is 11.2. The summed E-state index contributed by atoms with van der Waals surface area (Å²) in [6.45, 7) is 7.22. The minimum absolute atomic E-state index is 0.137. The zero-order valence-corrected chi connectivity index (χ0v) is 14.7. The molecule has 1 saturated carbocycles. The number of piperidine rings is 1. The Morgan fingerprint density at radius 1 is 1.30 bits per heavy atom. The van der Waals surface area contributed by atoms with Gasteiger partial charge in [0.2, 0.25) is 5.91 Å². The van der Waals surface area contributed by atoms with Crippen LogP contribution in [0, 0.1) is 5.92 Å². The molecule has 1 saturated heterocycles. The summed E-state index contributed by atoms with van der Waals surface area (Å²) >= 11 is 0. The molecule has 1 aliphatic heterocycles. The molecule has 0 unspecified atom stereocenters. The molecule has 1 aliphatic carbocycles. The summed E-state index contributed by atoms with van der Waals surface area (Å²) in [7, 11) is 1.99. The fourth-order valence-corrected chi connectivity index (χ4v) is 2.70. The maximum atomic E-state index is 12.2. The minimum Gasteiger partial charge on any atom is -0.379 e. The molecule has 6 nitrogen and oxygen atoms in total. The standard InChI is InChI=1S/C17H32N4O2/c1-3-18-17(20(2)11-12-23-14-15-7-8-15)19-13-16(22)21-9-5-4-6-10-21/h15H,3-14H2,1-2H3,(H,18,19). The highest BCUT2D eigenvalue weighted by molar-refractivity contribution is 5.84. The van der Waals surface area contributed by atoms with Gasteiger partial charge in [0.05, 0.1) is 6.61 Å². The van der Waals surface area contributed by atoms with E-state index in [4.69, 9.17) is 4.74 Å². The third-order valence-corrected chi connectivity index (χ3v) is 4.39. The van der Waals surface area contributed by atoms with Crippen LogP contribution in [0.5, 0.6) is 0 Å². The van der Waals surface area contributed by atoms with Crippen molar-refractivity contribution in [3.63, 3.8) is 0 Å². The lowest BCUT2D eigenvalue weighted by Gasteiger charge is -2.26. The van der Waals surface area contributed by atoms with Gasteiger partial charge in [-0.25, -0.2) is 4.99 Å². The Kier molecular flexibility index (Phi) is 7.65. The second-order valence-electron chi connectivity index (χ2n) is 6.55. The smallest absolute Gasteiger partial charge is 0.244 e. The van der Waals surface area contributed by atoms with Gasteiger partial charge in [0.1, 0.15) is 6.54 Å². The van der Waals surface area contributed by atoms with Crippen molar-refractivity contribution in [3.05, 3.63) is 0 Å². The Bertz CT molecular complexity index is 390. The van der Waals surface area contributed by atoms with Crippen LogP contribution in [0.1, 0.15) is 39.0 Å². The molecule has 1 heterocycles. The molecule has 1 N–H and O–H groups in total. The molecule has 6 heteroatoms. The molecule has 0 spiro atoms. The zero-order valence-electron chi connectivity index (χ0n) is 14.7. The number of rotatable bonds is 8. The number of guanidine groups is 1. The van der Waals surface area contributed by atoms with Gasteiger partial charge >= 0.3 is 0 Å². The van der Waals surface area contributed by atoms with Crippen LogP contribution in [0.2, 0.25) is 0 Å². The normalized spacial score (nSPS) is 18.9. The van der Waals surface area contributed by atoms with E-state index in [9.17, 15) is 4.79 Å². The van der Waals surface area contributed by atoms with Crippen molar-refractivity contribution in [3.8, 4) is 0 Å². The van der Waals surface area contributed by atoms with Gasteiger partial charge in [0, 0.05) is 39.8 Å². The molecule has 132 valence electrons. The van der Waals surface area contributed by atoms with E-state index < -0.39 is 0 Å². The predicted molar refractivity (Wildman–Crippen MR) is 92.6 cm³/mol. The Morgan fingerprint density at radius 2 is 2.04 bits per heavy atom. The van der Waals surface area contributed by atoms with E-state index in [0.717, 1.165) is 57.5 Å². The average Bonchev–Trinajstić information content (AvgIpc) is 3.40. The topological polar surface area (TPSA) is 57.2 Å². The first-order valence-corrected chi connectivity index (χ1v) is 9.05. The van der Waals surface area contributed by atoms with Crippen molar-refractivity contribution >= 4 is 11.9 Å². The SMILES string of the molecule is CCNC(=NCC(=O)N1CCCCC1)N(C)CCOCC1CC1. The van der Waals surface area contributed by atoms with Crippen molar-refractivity contribution in [2.24, 2.45) is 10.9 Å². The lowest BCUT2D eigenvalue weighted by molar-refractivity contribution is -0.130. The largest absolute Gasteiger partial charge is 0.379 e. The highest BCUT2D eigenvalue weighted by atomic mass is 16.5. The molecule has 0 atom stereocenters. The summed E-state index contributed by atoms with van der Waals surface area (Å²) in [4.78, 5) is 20.7. The Hall–Kier alpha value is -1.30. The van der Waals surface area contributed by atoms with E-state index in [0.29, 0.717) is 6.61 Å².